The minimum atomic E-state index is -1.35. The predicted octanol–water partition coefficient (Wildman–Crippen LogP) is 4.00. The van der Waals surface area contributed by atoms with Crippen LogP contribution in [0.3, 0.4) is 0 Å². The maximum Gasteiger partial charge on any atom is 0.263 e. The topological polar surface area (TPSA) is 55.2 Å². The molecule has 0 radical (unpaired) electrons. The van der Waals surface area contributed by atoms with Crippen LogP contribution in [0.15, 0.2) is 34.7 Å². The van der Waals surface area contributed by atoms with Gasteiger partial charge in [0.25, 0.3) is 5.56 Å². The van der Waals surface area contributed by atoms with E-state index < -0.39 is 5.67 Å². The second-order valence-electron chi connectivity index (χ2n) is 6.80. The molecule has 0 spiro atoms. The number of halogens is 3. The zero-order valence-corrected chi connectivity index (χ0v) is 16.5. The van der Waals surface area contributed by atoms with Crippen LogP contribution in [-0.4, -0.2) is 39.1 Å². The van der Waals surface area contributed by atoms with Gasteiger partial charge in [-0.15, -0.1) is 11.3 Å². The van der Waals surface area contributed by atoms with Gasteiger partial charge in [-0.1, -0.05) is 29.3 Å². The van der Waals surface area contributed by atoms with E-state index in [0.717, 1.165) is 5.56 Å². The number of carbonyl (C=O) groups is 1. The number of hydrogen-bond donors (Lipinski definition) is 0. The lowest BCUT2D eigenvalue weighted by molar-refractivity contribution is -0.144. The molecule has 0 N–H and O–H groups in total. The molecule has 1 aliphatic rings. The van der Waals surface area contributed by atoms with Crippen LogP contribution in [0.25, 0.3) is 21.3 Å². The molecule has 3 aromatic rings. The highest BCUT2D eigenvalue weighted by molar-refractivity contribution is 7.17. The Balaban J connectivity index is 1.70. The monoisotopic (exact) mass is 425 g/mol. The molecule has 0 aliphatic carbocycles. The largest absolute Gasteiger partial charge is 0.335 e. The Morgan fingerprint density at radius 1 is 1.33 bits per heavy atom. The molecule has 3 heterocycles. The smallest absolute Gasteiger partial charge is 0.263 e. The average Bonchev–Trinajstić information content (AvgIpc) is 3.02. The summed E-state index contributed by atoms with van der Waals surface area (Å²) in [7, 11) is 0. The van der Waals surface area contributed by atoms with Gasteiger partial charge in [-0.2, -0.15) is 0 Å². The van der Waals surface area contributed by atoms with E-state index in [2.05, 4.69) is 4.98 Å². The van der Waals surface area contributed by atoms with Crippen molar-refractivity contribution in [3.8, 4) is 11.1 Å². The molecule has 0 saturated carbocycles. The molecule has 27 heavy (non-hydrogen) atoms. The number of alkyl halides is 1. The third kappa shape index (κ3) is 3.35. The average molecular weight is 426 g/mol. The third-order valence-corrected chi connectivity index (χ3v) is 6.12. The van der Waals surface area contributed by atoms with Crippen molar-refractivity contribution < 1.29 is 9.18 Å². The first-order valence-electron chi connectivity index (χ1n) is 8.14. The first kappa shape index (κ1) is 18.4. The number of benzene rings is 1. The first-order chi connectivity index (χ1) is 12.7. The Bertz CT molecular complexity index is 1120. The lowest BCUT2D eigenvalue weighted by Gasteiger charge is -2.42. The van der Waals surface area contributed by atoms with Crippen LogP contribution in [0, 0.1) is 0 Å². The van der Waals surface area contributed by atoms with Gasteiger partial charge >= 0.3 is 0 Å². The number of carbonyl (C=O) groups excluding carboxylic acids is 1. The highest BCUT2D eigenvalue weighted by atomic mass is 35.5. The molecule has 0 atom stereocenters. The Kier molecular flexibility index (Phi) is 4.49. The van der Waals surface area contributed by atoms with Crippen molar-refractivity contribution in [3.05, 3.63) is 50.3 Å². The Morgan fingerprint density at radius 2 is 2.07 bits per heavy atom. The van der Waals surface area contributed by atoms with Gasteiger partial charge in [0, 0.05) is 10.9 Å². The molecule has 1 aromatic carbocycles. The highest BCUT2D eigenvalue weighted by Crippen LogP contribution is 2.34. The summed E-state index contributed by atoms with van der Waals surface area (Å²) in [6.45, 7) is 1.37. The van der Waals surface area contributed by atoms with Gasteiger partial charge in [0.2, 0.25) is 5.91 Å². The van der Waals surface area contributed by atoms with Gasteiger partial charge in [0.05, 0.1) is 34.8 Å². The summed E-state index contributed by atoms with van der Waals surface area (Å²) in [5, 5.41) is 3.07. The Morgan fingerprint density at radius 3 is 2.74 bits per heavy atom. The summed E-state index contributed by atoms with van der Waals surface area (Å²) >= 11 is 13.4. The summed E-state index contributed by atoms with van der Waals surface area (Å²) in [4.78, 5) is 31.5. The number of fused-ring (bicyclic) bond motifs is 1. The summed E-state index contributed by atoms with van der Waals surface area (Å²) in [6, 6.07) is 5.13. The fraction of sp³-hybridized carbons (Fsp3) is 0.278. The molecule has 1 amide bonds. The Labute approximate surface area is 167 Å². The molecule has 1 aliphatic heterocycles. The SMILES string of the molecule is CC1(F)CN(C(=O)Cn2cnc3scc(-c4ccc(Cl)c(Cl)c4)c3c2=O)C1. The van der Waals surface area contributed by atoms with Gasteiger partial charge in [-0.25, -0.2) is 9.37 Å². The van der Waals surface area contributed by atoms with E-state index in [1.54, 1.807) is 18.2 Å². The number of likely N-dealkylation sites (tertiary alicyclic amines) is 1. The van der Waals surface area contributed by atoms with Crippen LogP contribution in [0.2, 0.25) is 10.0 Å². The molecule has 4 rings (SSSR count). The first-order valence-corrected chi connectivity index (χ1v) is 9.77. The summed E-state index contributed by atoms with van der Waals surface area (Å²) in [6.07, 6.45) is 1.35. The molecule has 0 bridgehead atoms. The Hall–Kier alpha value is -1.96. The van der Waals surface area contributed by atoms with Gasteiger partial charge < -0.3 is 4.90 Å². The zero-order valence-electron chi connectivity index (χ0n) is 14.2. The standard InChI is InChI=1S/C18H14Cl2FN3O2S/c1-18(21)7-24(8-18)14(25)5-23-9-22-16-15(17(23)26)11(6-27-16)10-2-3-12(19)13(20)4-10/h2-4,6,9H,5,7-8H2,1H3. The van der Waals surface area contributed by atoms with E-state index in [1.165, 1.54) is 34.1 Å². The van der Waals surface area contributed by atoms with E-state index in [1.807, 2.05) is 5.38 Å². The van der Waals surface area contributed by atoms with Crippen LogP contribution in [0.1, 0.15) is 6.92 Å². The fourth-order valence-electron chi connectivity index (χ4n) is 3.13. The normalized spacial score (nSPS) is 15.8. The van der Waals surface area contributed by atoms with Crippen LogP contribution in [0.4, 0.5) is 4.39 Å². The quantitative estimate of drug-likeness (QED) is 0.636. The van der Waals surface area contributed by atoms with Crippen LogP contribution < -0.4 is 5.56 Å². The van der Waals surface area contributed by atoms with Gasteiger partial charge in [-0.05, 0) is 24.6 Å². The van der Waals surface area contributed by atoms with E-state index in [4.69, 9.17) is 23.2 Å². The number of rotatable bonds is 3. The second kappa shape index (κ2) is 6.58. The van der Waals surface area contributed by atoms with Crippen LogP contribution >= 0.6 is 34.5 Å². The summed E-state index contributed by atoms with van der Waals surface area (Å²) < 4.78 is 14.9. The molecule has 1 fully saturated rings. The number of thiophene rings is 1. The van der Waals surface area contributed by atoms with Crippen molar-refractivity contribution in [1.29, 1.82) is 0 Å². The summed E-state index contributed by atoms with van der Waals surface area (Å²) in [5.41, 5.74) is -0.237. The van der Waals surface area contributed by atoms with E-state index in [-0.39, 0.29) is 31.1 Å². The third-order valence-electron chi connectivity index (χ3n) is 4.49. The minimum Gasteiger partial charge on any atom is -0.335 e. The number of aromatic nitrogens is 2. The maximum absolute atomic E-state index is 13.6. The molecule has 5 nitrogen and oxygen atoms in total. The van der Waals surface area contributed by atoms with E-state index in [0.29, 0.717) is 25.8 Å². The van der Waals surface area contributed by atoms with Crippen molar-refractivity contribution >= 4 is 50.7 Å². The highest BCUT2D eigenvalue weighted by Gasteiger charge is 2.41. The lowest BCUT2D eigenvalue weighted by Crippen LogP contribution is -2.60. The maximum atomic E-state index is 13.6. The van der Waals surface area contributed by atoms with Crippen molar-refractivity contribution in [2.45, 2.75) is 19.1 Å². The van der Waals surface area contributed by atoms with Crippen LogP contribution in [-0.2, 0) is 11.3 Å². The van der Waals surface area contributed by atoms with E-state index in [9.17, 15) is 14.0 Å². The van der Waals surface area contributed by atoms with E-state index >= 15 is 0 Å². The van der Waals surface area contributed by atoms with Crippen LogP contribution in [0.5, 0.6) is 0 Å². The fourth-order valence-corrected chi connectivity index (χ4v) is 4.33. The van der Waals surface area contributed by atoms with Crippen molar-refractivity contribution in [3.63, 3.8) is 0 Å². The zero-order chi connectivity index (χ0) is 19.3. The molecule has 2 aromatic heterocycles. The van der Waals surface area contributed by atoms with Crippen molar-refractivity contribution in [2.24, 2.45) is 0 Å². The number of amides is 1. The lowest BCUT2D eigenvalue weighted by atomic mass is 9.99. The summed E-state index contributed by atoms with van der Waals surface area (Å²) in [5.74, 6) is -0.306. The second-order valence-corrected chi connectivity index (χ2v) is 8.47. The van der Waals surface area contributed by atoms with Crippen molar-refractivity contribution in [2.75, 3.05) is 13.1 Å². The molecular formula is C18H14Cl2FN3O2S. The number of nitrogens with zero attached hydrogens (tertiary/aromatic N) is 3. The predicted molar refractivity (Wildman–Crippen MR) is 105 cm³/mol. The molecular weight excluding hydrogens is 412 g/mol. The van der Waals surface area contributed by atoms with Crippen molar-refractivity contribution in [1.82, 2.24) is 14.5 Å². The van der Waals surface area contributed by atoms with Gasteiger partial charge in [0.15, 0.2) is 0 Å². The van der Waals surface area contributed by atoms with Gasteiger partial charge in [0.1, 0.15) is 17.0 Å². The van der Waals surface area contributed by atoms with Gasteiger partial charge in [-0.3, -0.25) is 14.2 Å². The molecule has 1 saturated heterocycles. The molecule has 140 valence electrons. The minimum absolute atomic E-state index is 0.0449. The molecule has 0 unspecified atom stereocenters. The molecule has 9 heteroatoms. The number of hydrogen-bond acceptors (Lipinski definition) is 4.